The zero-order chi connectivity index (χ0) is 10.3. The lowest BCUT2D eigenvalue weighted by atomic mass is 10.1. The smallest absolute Gasteiger partial charge is 0.229 e. The summed E-state index contributed by atoms with van der Waals surface area (Å²) < 4.78 is 0. The average molecular weight is 182 g/mol. The molecular formula is C5H6N6O2. The molecule has 13 heavy (non-hydrogen) atoms. The Kier molecular flexibility index (Phi) is 4.71. The molecule has 0 saturated heterocycles. The lowest BCUT2D eigenvalue weighted by Crippen LogP contribution is -2.19. The Morgan fingerprint density at radius 3 is 1.85 bits per heavy atom. The standard InChI is InChI=1S/C5H6N6O2/c1-2-3(4(12)8-10-6)5(13)9-11-7/h3H,2H2,1H3. The molecule has 0 aromatic carbocycles. The van der Waals surface area contributed by atoms with E-state index in [1.54, 1.807) is 6.92 Å². The van der Waals surface area contributed by atoms with Gasteiger partial charge in [0.25, 0.3) is 0 Å². The van der Waals surface area contributed by atoms with Crippen LogP contribution >= 0.6 is 0 Å². The van der Waals surface area contributed by atoms with Crippen molar-refractivity contribution < 1.29 is 9.59 Å². The summed E-state index contributed by atoms with van der Waals surface area (Å²) in [6, 6.07) is 0. The van der Waals surface area contributed by atoms with Crippen molar-refractivity contribution >= 4 is 11.8 Å². The Labute approximate surface area is 72.8 Å². The van der Waals surface area contributed by atoms with E-state index in [-0.39, 0.29) is 6.42 Å². The second-order valence-corrected chi connectivity index (χ2v) is 2.02. The summed E-state index contributed by atoms with van der Waals surface area (Å²) in [5, 5.41) is 5.47. The highest BCUT2D eigenvalue weighted by atomic mass is 16.2. The van der Waals surface area contributed by atoms with E-state index in [1.165, 1.54) is 0 Å². The summed E-state index contributed by atoms with van der Waals surface area (Å²) in [4.78, 5) is 26.2. The first kappa shape index (κ1) is 11.0. The van der Waals surface area contributed by atoms with E-state index in [0.29, 0.717) is 0 Å². The molecule has 0 N–H and O–H groups in total. The number of hydrogen-bond acceptors (Lipinski definition) is 2. The molecule has 0 fully saturated rings. The van der Waals surface area contributed by atoms with E-state index in [9.17, 15) is 9.59 Å². The van der Waals surface area contributed by atoms with Gasteiger partial charge in [-0.2, -0.15) is 0 Å². The molecule has 0 bridgehead atoms. The van der Waals surface area contributed by atoms with Crippen LogP contribution in [0.3, 0.4) is 0 Å². The number of carbonyl (C=O) groups excluding carboxylic acids is 2. The molecule has 0 aromatic heterocycles. The van der Waals surface area contributed by atoms with Crippen LogP contribution in [0.25, 0.3) is 20.9 Å². The van der Waals surface area contributed by atoms with Crippen LogP contribution in [0.1, 0.15) is 13.3 Å². The van der Waals surface area contributed by atoms with Crippen LogP contribution in [0.15, 0.2) is 10.2 Å². The Hall–Kier alpha value is -2.04. The van der Waals surface area contributed by atoms with Gasteiger partial charge in [0.2, 0.25) is 11.8 Å². The van der Waals surface area contributed by atoms with Crippen LogP contribution in [0.2, 0.25) is 0 Å². The van der Waals surface area contributed by atoms with Gasteiger partial charge in [-0.05, 0) is 27.7 Å². The minimum Gasteiger partial charge on any atom is -0.292 e. The molecule has 0 aliphatic heterocycles. The van der Waals surface area contributed by atoms with E-state index in [4.69, 9.17) is 11.1 Å². The first-order valence-electron chi connectivity index (χ1n) is 3.35. The molecule has 0 saturated carbocycles. The van der Waals surface area contributed by atoms with Gasteiger partial charge in [0.15, 0.2) is 0 Å². The van der Waals surface area contributed by atoms with Crippen molar-refractivity contribution in [3.8, 4) is 0 Å². The normalized spacial score (nSPS) is 10.5. The van der Waals surface area contributed by atoms with Crippen molar-refractivity contribution in [2.75, 3.05) is 0 Å². The van der Waals surface area contributed by atoms with Gasteiger partial charge in [0, 0.05) is 9.82 Å². The quantitative estimate of drug-likeness (QED) is 0.284. The van der Waals surface area contributed by atoms with Gasteiger partial charge in [-0.3, -0.25) is 9.59 Å². The maximum Gasteiger partial charge on any atom is 0.229 e. The van der Waals surface area contributed by atoms with E-state index < -0.39 is 17.7 Å². The molecule has 0 aliphatic rings. The van der Waals surface area contributed by atoms with E-state index in [0.717, 1.165) is 0 Å². The Morgan fingerprint density at radius 1 is 1.23 bits per heavy atom. The lowest BCUT2D eigenvalue weighted by molar-refractivity contribution is -0.131. The molecule has 0 spiro atoms. The van der Waals surface area contributed by atoms with Crippen LogP contribution in [0.4, 0.5) is 0 Å². The molecule has 0 aromatic rings. The first-order valence-corrected chi connectivity index (χ1v) is 3.35. The fraction of sp³-hybridized carbons (Fsp3) is 0.600. The molecule has 0 rings (SSSR count). The van der Waals surface area contributed by atoms with Gasteiger partial charge < -0.3 is 0 Å². The van der Waals surface area contributed by atoms with Crippen molar-refractivity contribution in [3.63, 3.8) is 0 Å². The molecule has 0 unspecified atom stereocenters. The number of nitrogens with zero attached hydrogens (tertiary/aromatic N) is 6. The van der Waals surface area contributed by atoms with Gasteiger partial charge in [0.1, 0.15) is 0 Å². The number of azide groups is 2. The Morgan fingerprint density at radius 2 is 1.62 bits per heavy atom. The van der Waals surface area contributed by atoms with Crippen LogP contribution in [-0.2, 0) is 9.59 Å². The molecule has 0 atom stereocenters. The predicted molar refractivity (Wildman–Crippen MR) is 42.1 cm³/mol. The van der Waals surface area contributed by atoms with E-state index in [1.807, 2.05) is 0 Å². The van der Waals surface area contributed by atoms with E-state index in [2.05, 4.69) is 20.1 Å². The Balaban J connectivity index is 4.69. The maximum absolute atomic E-state index is 10.9. The van der Waals surface area contributed by atoms with Gasteiger partial charge in [-0.25, -0.2) is 0 Å². The minimum atomic E-state index is -1.16. The zero-order valence-electron chi connectivity index (χ0n) is 6.78. The molecule has 0 heterocycles. The molecule has 68 valence electrons. The molecule has 0 aliphatic carbocycles. The number of carbonyl (C=O) groups is 2. The second kappa shape index (κ2) is 5.59. The molecule has 8 nitrogen and oxygen atoms in total. The van der Waals surface area contributed by atoms with Gasteiger partial charge >= 0.3 is 0 Å². The zero-order valence-corrected chi connectivity index (χ0v) is 6.78. The van der Waals surface area contributed by atoms with Crippen molar-refractivity contribution in [2.24, 2.45) is 16.1 Å². The summed E-state index contributed by atoms with van der Waals surface area (Å²) in [5.41, 5.74) is 15.8. The minimum absolute atomic E-state index is 0.135. The first-order chi connectivity index (χ1) is 6.17. The topological polar surface area (TPSA) is 132 Å². The van der Waals surface area contributed by atoms with Crippen LogP contribution in [0.5, 0.6) is 0 Å². The third kappa shape index (κ3) is 3.24. The van der Waals surface area contributed by atoms with Crippen LogP contribution in [0, 0.1) is 5.92 Å². The lowest BCUT2D eigenvalue weighted by Gasteiger charge is -2.03. The van der Waals surface area contributed by atoms with Gasteiger partial charge in [0.05, 0.1) is 5.92 Å². The highest BCUT2D eigenvalue weighted by molar-refractivity contribution is 6.00. The number of hydrogen-bond donors (Lipinski definition) is 0. The van der Waals surface area contributed by atoms with Crippen molar-refractivity contribution in [1.82, 2.24) is 0 Å². The average Bonchev–Trinajstić information content (AvgIpc) is 2.06. The monoisotopic (exact) mass is 182 g/mol. The fourth-order valence-electron chi connectivity index (χ4n) is 0.682. The van der Waals surface area contributed by atoms with Gasteiger partial charge in [-0.1, -0.05) is 6.92 Å². The SMILES string of the molecule is CCC(C(=O)N=[N+]=[N-])C(=O)N=[N+]=[N-]. The highest BCUT2D eigenvalue weighted by Crippen LogP contribution is 2.07. The third-order valence-electron chi connectivity index (χ3n) is 1.29. The van der Waals surface area contributed by atoms with Crippen LogP contribution < -0.4 is 0 Å². The molecule has 0 radical (unpaired) electrons. The highest BCUT2D eigenvalue weighted by Gasteiger charge is 2.21. The van der Waals surface area contributed by atoms with E-state index >= 15 is 0 Å². The van der Waals surface area contributed by atoms with Gasteiger partial charge in [-0.15, -0.1) is 0 Å². The third-order valence-corrected chi connectivity index (χ3v) is 1.29. The predicted octanol–water partition coefficient (Wildman–Crippen LogP) is 1.69. The largest absolute Gasteiger partial charge is 0.292 e. The molecule has 8 heteroatoms. The number of amides is 2. The van der Waals surface area contributed by atoms with Crippen LogP contribution in [-0.4, -0.2) is 11.8 Å². The van der Waals surface area contributed by atoms with Crippen molar-refractivity contribution in [3.05, 3.63) is 20.9 Å². The van der Waals surface area contributed by atoms with Crippen molar-refractivity contribution in [1.29, 1.82) is 0 Å². The Bertz CT molecular complexity index is 281. The summed E-state index contributed by atoms with van der Waals surface area (Å²) in [6.45, 7) is 1.54. The second-order valence-electron chi connectivity index (χ2n) is 2.02. The molecule has 2 amide bonds. The molecular weight excluding hydrogens is 176 g/mol. The number of rotatable bonds is 3. The summed E-state index contributed by atoms with van der Waals surface area (Å²) in [5.74, 6) is -3.02. The maximum atomic E-state index is 10.9. The fourth-order valence-corrected chi connectivity index (χ4v) is 0.682. The summed E-state index contributed by atoms with van der Waals surface area (Å²) in [6.07, 6.45) is 0.135. The summed E-state index contributed by atoms with van der Waals surface area (Å²) >= 11 is 0. The summed E-state index contributed by atoms with van der Waals surface area (Å²) in [7, 11) is 0. The van der Waals surface area contributed by atoms with Crippen molar-refractivity contribution in [2.45, 2.75) is 13.3 Å².